The van der Waals surface area contributed by atoms with Gasteiger partial charge in [-0.25, -0.2) is 13.1 Å². The summed E-state index contributed by atoms with van der Waals surface area (Å²) in [6.07, 6.45) is 5.15. The van der Waals surface area contributed by atoms with Crippen molar-refractivity contribution in [2.75, 3.05) is 0 Å². The number of thiocarbonyl (C=S) groups is 1. The van der Waals surface area contributed by atoms with E-state index >= 15 is 0 Å². The molecular formula is C9H14N4O2S2. The molecule has 6 nitrogen and oxygen atoms in total. The molecule has 0 radical (unpaired) electrons. The zero-order valence-corrected chi connectivity index (χ0v) is 10.7. The highest BCUT2D eigenvalue weighted by molar-refractivity contribution is 7.89. The lowest BCUT2D eigenvalue weighted by Gasteiger charge is -2.19. The largest absolute Gasteiger partial charge is 0.393 e. The van der Waals surface area contributed by atoms with Crippen molar-refractivity contribution >= 4 is 27.2 Å². The highest BCUT2D eigenvalue weighted by Gasteiger charge is 2.33. The van der Waals surface area contributed by atoms with Crippen molar-refractivity contribution in [2.45, 2.75) is 30.2 Å². The number of hydrogen-bond donors (Lipinski definition) is 3. The first-order valence-corrected chi connectivity index (χ1v) is 7.20. The summed E-state index contributed by atoms with van der Waals surface area (Å²) >= 11 is 4.95. The van der Waals surface area contributed by atoms with Gasteiger partial charge in [-0.3, -0.25) is 5.10 Å². The van der Waals surface area contributed by atoms with Crippen LogP contribution in [0.4, 0.5) is 0 Å². The van der Waals surface area contributed by atoms with Crippen LogP contribution in [0.2, 0.25) is 0 Å². The van der Waals surface area contributed by atoms with E-state index in [1.807, 2.05) is 0 Å². The third-order valence-electron chi connectivity index (χ3n) is 2.97. The van der Waals surface area contributed by atoms with E-state index in [2.05, 4.69) is 14.9 Å². The molecular weight excluding hydrogens is 260 g/mol. The molecule has 0 bridgehead atoms. The van der Waals surface area contributed by atoms with Crippen LogP contribution in [0.1, 0.15) is 19.3 Å². The Morgan fingerprint density at radius 1 is 1.59 bits per heavy atom. The molecule has 17 heavy (non-hydrogen) atoms. The lowest BCUT2D eigenvalue weighted by atomic mass is 10.1. The van der Waals surface area contributed by atoms with Crippen LogP contribution in [0.15, 0.2) is 17.3 Å². The Morgan fingerprint density at radius 3 is 2.94 bits per heavy atom. The number of rotatable bonds is 4. The molecule has 1 aromatic heterocycles. The van der Waals surface area contributed by atoms with Crippen molar-refractivity contribution in [3.05, 3.63) is 12.4 Å². The van der Waals surface area contributed by atoms with Crippen LogP contribution in [0.3, 0.4) is 0 Å². The molecule has 1 aliphatic carbocycles. The minimum Gasteiger partial charge on any atom is -0.393 e. The van der Waals surface area contributed by atoms with Gasteiger partial charge in [0.2, 0.25) is 10.0 Å². The number of aromatic amines is 1. The molecule has 0 aromatic carbocycles. The van der Waals surface area contributed by atoms with Crippen LogP contribution >= 0.6 is 12.2 Å². The standard InChI is InChI=1S/C9H14N4O2S2/c10-9(16)7-2-1-3-8(7)13-17(14,15)6-4-11-12-5-6/h4-5,7-8,13H,1-3H2,(H2,10,16)(H,11,12). The third-order valence-corrected chi connectivity index (χ3v) is 4.73. The molecule has 8 heteroatoms. The van der Waals surface area contributed by atoms with Crippen LogP contribution < -0.4 is 10.5 Å². The minimum absolute atomic E-state index is 0.0494. The van der Waals surface area contributed by atoms with E-state index in [1.165, 1.54) is 12.4 Å². The van der Waals surface area contributed by atoms with E-state index in [-0.39, 0.29) is 16.9 Å². The number of nitrogens with two attached hydrogens (primary N) is 1. The SMILES string of the molecule is NC(=S)C1CCCC1NS(=O)(=O)c1cn[nH]c1. The normalized spacial score (nSPS) is 24.9. The number of aromatic nitrogens is 2. The van der Waals surface area contributed by atoms with Gasteiger partial charge in [-0.15, -0.1) is 0 Å². The van der Waals surface area contributed by atoms with Crippen LogP contribution in [0.5, 0.6) is 0 Å². The first-order valence-electron chi connectivity index (χ1n) is 5.31. The third kappa shape index (κ3) is 2.64. The van der Waals surface area contributed by atoms with Crippen molar-refractivity contribution in [3.8, 4) is 0 Å². The van der Waals surface area contributed by atoms with Gasteiger partial charge in [-0.1, -0.05) is 18.6 Å². The number of nitrogens with zero attached hydrogens (tertiary/aromatic N) is 1. The van der Waals surface area contributed by atoms with E-state index < -0.39 is 10.0 Å². The number of H-pyrrole nitrogens is 1. The van der Waals surface area contributed by atoms with Gasteiger partial charge in [-0.2, -0.15) is 5.10 Å². The molecule has 0 amide bonds. The molecule has 2 rings (SSSR count). The van der Waals surface area contributed by atoms with Crippen LogP contribution in [-0.2, 0) is 10.0 Å². The molecule has 2 atom stereocenters. The Kier molecular flexibility index (Phi) is 3.45. The summed E-state index contributed by atoms with van der Waals surface area (Å²) in [4.78, 5) is 0.508. The average molecular weight is 274 g/mol. The second-order valence-corrected chi connectivity index (χ2v) is 6.29. The molecule has 0 aliphatic heterocycles. The lowest BCUT2D eigenvalue weighted by molar-refractivity contribution is 0.525. The average Bonchev–Trinajstić information content (AvgIpc) is 2.85. The van der Waals surface area contributed by atoms with Gasteiger partial charge in [0.15, 0.2) is 0 Å². The van der Waals surface area contributed by atoms with Crippen molar-refractivity contribution < 1.29 is 8.42 Å². The summed E-state index contributed by atoms with van der Waals surface area (Å²) in [5.74, 6) is -0.0494. The van der Waals surface area contributed by atoms with E-state index in [4.69, 9.17) is 18.0 Å². The van der Waals surface area contributed by atoms with E-state index in [1.54, 1.807) is 0 Å². The van der Waals surface area contributed by atoms with Crippen molar-refractivity contribution in [2.24, 2.45) is 11.7 Å². The Labute approximate surface area is 105 Å². The molecule has 1 saturated carbocycles. The fourth-order valence-electron chi connectivity index (χ4n) is 2.09. The zero-order valence-electron chi connectivity index (χ0n) is 9.09. The fourth-order valence-corrected chi connectivity index (χ4v) is 3.59. The van der Waals surface area contributed by atoms with Crippen molar-refractivity contribution in [1.29, 1.82) is 0 Å². The summed E-state index contributed by atoms with van der Waals surface area (Å²) in [6.45, 7) is 0. The predicted octanol–water partition coefficient (Wildman–Crippen LogP) is 0.143. The van der Waals surface area contributed by atoms with Gasteiger partial charge in [0, 0.05) is 18.2 Å². The van der Waals surface area contributed by atoms with Crippen molar-refractivity contribution in [3.63, 3.8) is 0 Å². The summed E-state index contributed by atoms with van der Waals surface area (Å²) < 4.78 is 26.6. The second-order valence-electron chi connectivity index (χ2n) is 4.10. The maximum atomic E-state index is 12.0. The van der Waals surface area contributed by atoms with Crippen LogP contribution in [0.25, 0.3) is 0 Å². The fraction of sp³-hybridized carbons (Fsp3) is 0.556. The lowest BCUT2D eigenvalue weighted by Crippen LogP contribution is -2.41. The first-order chi connectivity index (χ1) is 8.00. The van der Waals surface area contributed by atoms with E-state index in [9.17, 15) is 8.42 Å². The molecule has 0 spiro atoms. The number of nitrogens with one attached hydrogen (secondary N) is 2. The molecule has 2 unspecified atom stereocenters. The molecule has 1 aliphatic rings. The van der Waals surface area contributed by atoms with Gasteiger partial charge in [0.25, 0.3) is 0 Å². The summed E-state index contributed by atoms with van der Waals surface area (Å²) in [6, 6.07) is -0.201. The Bertz CT molecular complexity index is 497. The maximum Gasteiger partial charge on any atom is 0.243 e. The Balaban J connectivity index is 2.14. The molecule has 1 heterocycles. The second kappa shape index (κ2) is 4.71. The van der Waals surface area contributed by atoms with E-state index in [0.29, 0.717) is 4.99 Å². The molecule has 1 fully saturated rings. The summed E-state index contributed by atoms with van der Waals surface area (Å²) in [5.41, 5.74) is 5.60. The summed E-state index contributed by atoms with van der Waals surface area (Å²) in [5, 5.41) is 6.10. The number of sulfonamides is 1. The molecule has 4 N–H and O–H groups in total. The smallest absolute Gasteiger partial charge is 0.243 e. The van der Waals surface area contributed by atoms with E-state index in [0.717, 1.165) is 19.3 Å². The Morgan fingerprint density at radius 2 is 2.35 bits per heavy atom. The van der Waals surface area contributed by atoms with Gasteiger partial charge in [0.05, 0.1) is 11.2 Å². The van der Waals surface area contributed by atoms with Gasteiger partial charge < -0.3 is 5.73 Å². The zero-order chi connectivity index (χ0) is 12.5. The maximum absolute atomic E-state index is 12.0. The molecule has 94 valence electrons. The molecule has 1 aromatic rings. The van der Waals surface area contributed by atoms with Crippen molar-refractivity contribution in [1.82, 2.24) is 14.9 Å². The topological polar surface area (TPSA) is 101 Å². The molecule has 0 saturated heterocycles. The van der Waals surface area contributed by atoms with Gasteiger partial charge in [0.1, 0.15) is 4.90 Å². The summed E-state index contributed by atoms with van der Waals surface area (Å²) in [7, 11) is -3.53. The minimum atomic E-state index is -3.53. The number of hydrogen-bond acceptors (Lipinski definition) is 4. The van der Waals surface area contributed by atoms with Crippen LogP contribution in [0, 0.1) is 5.92 Å². The van der Waals surface area contributed by atoms with Crippen LogP contribution in [-0.4, -0.2) is 29.6 Å². The highest BCUT2D eigenvalue weighted by atomic mass is 32.2. The van der Waals surface area contributed by atoms with Gasteiger partial charge in [-0.05, 0) is 12.8 Å². The first kappa shape index (κ1) is 12.5. The predicted molar refractivity (Wildman–Crippen MR) is 66.8 cm³/mol. The Hall–Kier alpha value is -0.990. The highest BCUT2D eigenvalue weighted by Crippen LogP contribution is 2.27. The quantitative estimate of drug-likeness (QED) is 0.678. The van der Waals surface area contributed by atoms with Gasteiger partial charge >= 0.3 is 0 Å². The monoisotopic (exact) mass is 274 g/mol.